The van der Waals surface area contributed by atoms with Crippen molar-refractivity contribution in [3.63, 3.8) is 0 Å². The summed E-state index contributed by atoms with van der Waals surface area (Å²) in [4.78, 5) is 21.2. The SMILES string of the molecule is CC(C)(C)[Si](C)(C)OC1=CN([C@@H](c2cnc(NC(=O)C3(c4ccc5c(c4)OCO5)CC3)s2)c2ccc(F)cc2Cl)CC1. The number of hydrogen-bond donors (Lipinski definition) is 1. The highest BCUT2D eigenvalue weighted by Gasteiger charge is 2.52. The molecule has 3 aliphatic rings. The van der Waals surface area contributed by atoms with Crippen LogP contribution >= 0.6 is 22.9 Å². The van der Waals surface area contributed by atoms with E-state index < -0.39 is 19.5 Å². The number of hydrogen-bond acceptors (Lipinski definition) is 7. The van der Waals surface area contributed by atoms with Gasteiger partial charge in [0.25, 0.3) is 0 Å². The summed E-state index contributed by atoms with van der Waals surface area (Å²) in [7, 11) is -2.01. The fourth-order valence-electron chi connectivity index (χ4n) is 5.19. The van der Waals surface area contributed by atoms with Crippen LogP contribution in [0.15, 0.2) is 54.6 Å². The lowest BCUT2D eigenvalue weighted by Gasteiger charge is -2.36. The molecule has 1 amide bonds. The van der Waals surface area contributed by atoms with Crippen LogP contribution in [0.1, 0.15) is 62.1 Å². The Morgan fingerprint density at radius 2 is 1.95 bits per heavy atom. The Kier molecular flexibility index (Phi) is 7.30. The van der Waals surface area contributed by atoms with Crippen molar-refractivity contribution >= 4 is 42.3 Å². The van der Waals surface area contributed by atoms with Crippen LogP contribution in [0.4, 0.5) is 9.52 Å². The highest BCUT2D eigenvalue weighted by Crippen LogP contribution is 2.51. The number of carbonyl (C=O) groups excluding carboxylic acids is 1. The monoisotopic (exact) mass is 627 g/mol. The van der Waals surface area contributed by atoms with Gasteiger partial charge in [0.05, 0.1) is 22.1 Å². The number of nitrogens with one attached hydrogen (secondary N) is 1. The number of benzene rings is 2. The number of thiazole rings is 1. The molecule has 0 radical (unpaired) electrons. The van der Waals surface area contributed by atoms with Gasteiger partial charge >= 0.3 is 0 Å². The van der Waals surface area contributed by atoms with E-state index in [1.165, 1.54) is 23.5 Å². The lowest BCUT2D eigenvalue weighted by atomic mass is 9.94. The first kappa shape index (κ1) is 29.0. The Morgan fingerprint density at radius 3 is 2.67 bits per heavy atom. The number of anilines is 1. The average Bonchev–Trinajstić information content (AvgIpc) is 3.22. The first-order valence-corrected chi connectivity index (χ1v) is 18.2. The van der Waals surface area contributed by atoms with Gasteiger partial charge in [0, 0.05) is 30.4 Å². The third-order valence-electron chi connectivity index (χ3n) is 8.83. The third kappa shape index (κ3) is 5.40. The Labute approximate surface area is 255 Å². The van der Waals surface area contributed by atoms with Crippen molar-refractivity contribution < 1.29 is 23.1 Å². The molecule has 1 aromatic heterocycles. The Hall–Kier alpha value is -3.08. The average molecular weight is 628 g/mol. The van der Waals surface area contributed by atoms with E-state index in [-0.39, 0.29) is 23.8 Å². The minimum atomic E-state index is -2.01. The minimum absolute atomic E-state index is 0.0746. The van der Waals surface area contributed by atoms with Crippen LogP contribution in [-0.2, 0) is 14.6 Å². The van der Waals surface area contributed by atoms with E-state index in [0.717, 1.165) is 47.6 Å². The largest absolute Gasteiger partial charge is 0.545 e. The zero-order valence-corrected chi connectivity index (χ0v) is 27.0. The molecule has 6 rings (SSSR count). The van der Waals surface area contributed by atoms with Crippen LogP contribution in [0.2, 0.25) is 23.2 Å². The zero-order chi connectivity index (χ0) is 29.9. The molecule has 11 heteroatoms. The molecule has 1 aliphatic carbocycles. The molecule has 3 aromatic rings. The highest BCUT2D eigenvalue weighted by molar-refractivity contribution is 7.15. The molecule has 2 aliphatic heterocycles. The number of halogens is 2. The van der Waals surface area contributed by atoms with Crippen molar-refractivity contribution in [3.8, 4) is 11.5 Å². The zero-order valence-electron chi connectivity index (χ0n) is 24.4. The molecular formula is C31H35ClFN3O4SSi. The second-order valence-electron chi connectivity index (χ2n) is 12.7. The molecule has 1 N–H and O–H groups in total. The minimum Gasteiger partial charge on any atom is -0.545 e. The molecule has 0 unspecified atom stereocenters. The number of rotatable bonds is 8. The molecule has 7 nitrogen and oxygen atoms in total. The van der Waals surface area contributed by atoms with E-state index in [4.69, 9.17) is 25.5 Å². The summed E-state index contributed by atoms with van der Waals surface area (Å²) < 4.78 is 31.6. The Balaban J connectivity index is 1.26. The summed E-state index contributed by atoms with van der Waals surface area (Å²) in [5.74, 6) is 1.82. The van der Waals surface area contributed by atoms with Gasteiger partial charge < -0.3 is 24.1 Å². The summed E-state index contributed by atoms with van der Waals surface area (Å²) in [5.41, 5.74) is 1.07. The maximum absolute atomic E-state index is 14.0. The van der Waals surface area contributed by atoms with Gasteiger partial charge in [-0.3, -0.25) is 4.79 Å². The van der Waals surface area contributed by atoms with Gasteiger partial charge in [0.2, 0.25) is 21.0 Å². The fourth-order valence-corrected chi connectivity index (χ4v) is 7.53. The van der Waals surface area contributed by atoms with Crippen LogP contribution in [0, 0.1) is 5.82 Å². The second kappa shape index (κ2) is 10.6. The molecule has 2 aromatic carbocycles. The normalized spacial score (nSPS) is 18.1. The molecule has 1 fully saturated rings. The Bertz CT molecular complexity index is 1570. The van der Waals surface area contributed by atoms with Gasteiger partial charge in [-0.15, -0.1) is 0 Å². The second-order valence-corrected chi connectivity index (χ2v) is 18.9. The fraction of sp³-hybridized carbons (Fsp3) is 0.419. The molecule has 42 heavy (non-hydrogen) atoms. The van der Waals surface area contributed by atoms with Crippen molar-refractivity contribution in [3.05, 3.63) is 81.4 Å². The van der Waals surface area contributed by atoms with Crippen molar-refractivity contribution in [2.75, 3.05) is 18.7 Å². The smallest absolute Gasteiger partial charge is 0.250 e. The highest BCUT2D eigenvalue weighted by atomic mass is 35.5. The van der Waals surface area contributed by atoms with Gasteiger partial charge in [-0.2, -0.15) is 0 Å². The Morgan fingerprint density at radius 1 is 1.19 bits per heavy atom. The van der Waals surface area contributed by atoms with Crippen molar-refractivity contribution in [1.29, 1.82) is 0 Å². The van der Waals surface area contributed by atoms with E-state index in [9.17, 15) is 9.18 Å². The first-order chi connectivity index (χ1) is 19.9. The lowest BCUT2D eigenvalue weighted by Crippen LogP contribution is -2.40. The molecule has 222 valence electrons. The molecule has 3 heterocycles. The number of carbonyl (C=O) groups is 1. The van der Waals surface area contributed by atoms with Crippen LogP contribution in [0.5, 0.6) is 11.5 Å². The van der Waals surface area contributed by atoms with Gasteiger partial charge in [-0.25, -0.2) is 9.37 Å². The molecular weight excluding hydrogens is 593 g/mol. The van der Waals surface area contributed by atoms with Crippen LogP contribution in [0.25, 0.3) is 0 Å². The summed E-state index contributed by atoms with van der Waals surface area (Å²) in [6.07, 6.45) is 6.09. The topological polar surface area (TPSA) is 72.9 Å². The van der Waals surface area contributed by atoms with Crippen LogP contribution in [-0.4, -0.2) is 37.4 Å². The molecule has 0 saturated heterocycles. The lowest BCUT2D eigenvalue weighted by molar-refractivity contribution is -0.118. The molecule has 0 bridgehead atoms. The maximum atomic E-state index is 14.0. The molecule has 1 saturated carbocycles. The van der Waals surface area contributed by atoms with E-state index in [1.807, 2.05) is 18.2 Å². The van der Waals surface area contributed by atoms with Crippen LogP contribution in [0.3, 0.4) is 0 Å². The van der Waals surface area contributed by atoms with Crippen LogP contribution < -0.4 is 14.8 Å². The van der Waals surface area contributed by atoms with E-state index in [2.05, 4.69) is 55.3 Å². The predicted molar refractivity (Wildman–Crippen MR) is 165 cm³/mol. The van der Waals surface area contributed by atoms with E-state index in [0.29, 0.717) is 21.7 Å². The summed E-state index contributed by atoms with van der Waals surface area (Å²) >= 11 is 8.00. The van der Waals surface area contributed by atoms with E-state index >= 15 is 0 Å². The van der Waals surface area contributed by atoms with Crippen molar-refractivity contribution in [1.82, 2.24) is 9.88 Å². The van der Waals surface area contributed by atoms with Crippen molar-refractivity contribution in [2.24, 2.45) is 0 Å². The van der Waals surface area contributed by atoms with Gasteiger partial charge in [-0.1, -0.05) is 55.8 Å². The molecule has 0 spiro atoms. The number of aromatic nitrogens is 1. The van der Waals surface area contributed by atoms with Crippen molar-refractivity contribution in [2.45, 2.75) is 69.6 Å². The van der Waals surface area contributed by atoms with Gasteiger partial charge in [0.15, 0.2) is 16.6 Å². The summed E-state index contributed by atoms with van der Waals surface area (Å²) in [5, 5.41) is 3.98. The predicted octanol–water partition coefficient (Wildman–Crippen LogP) is 7.99. The maximum Gasteiger partial charge on any atom is 0.250 e. The molecule has 1 atom stereocenters. The van der Waals surface area contributed by atoms with E-state index in [1.54, 1.807) is 12.3 Å². The quantitative estimate of drug-likeness (QED) is 0.255. The number of ether oxygens (including phenoxy) is 2. The first-order valence-electron chi connectivity index (χ1n) is 14.1. The standard InChI is InChI=1S/C31H35ClFN3O4SSi/c1-30(2,3)42(4,5)40-21-10-13-36(17-21)27(22-8-7-20(33)15-23(22)32)26-16-34-29(41-26)35-28(37)31(11-12-31)19-6-9-24-25(14-19)39-18-38-24/h6-9,14-17,27H,10-13,18H2,1-5H3,(H,34,35,37)/t27-/m1/s1. The number of fused-ring (bicyclic) bond motifs is 1. The summed E-state index contributed by atoms with van der Waals surface area (Å²) in [6, 6.07) is 9.86. The number of amides is 1. The summed E-state index contributed by atoms with van der Waals surface area (Å²) in [6.45, 7) is 12.0. The van der Waals surface area contributed by atoms with Gasteiger partial charge in [0.1, 0.15) is 5.82 Å². The third-order valence-corrected chi connectivity index (χ3v) is 14.5. The number of nitrogens with zero attached hydrogens (tertiary/aromatic N) is 2. The van der Waals surface area contributed by atoms with Gasteiger partial charge in [-0.05, 0) is 66.4 Å².